The Bertz CT molecular complexity index is 770. The van der Waals surface area contributed by atoms with Crippen molar-refractivity contribution in [2.75, 3.05) is 0 Å². The van der Waals surface area contributed by atoms with Crippen LogP contribution in [0, 0.1) is 0 Å². The Balaban J connectivity index is 2.31. The summed E-state index contributed by atoms with van der Waals surface area (Å²) in [5.41, 5.74) is 1.64. The van der Waals surface area contributed by atoms with Crippen LogP contribution in [0.4, 0.5) is 0 Å². The van der Waals surface area contributed by atoms with Crippen LogP contribution in [-0.4, -0.2) is 16.7 Å². The smallest absolute Gasteiger partial charge is 0.198 e. The van der Waals surface area contributed by atoms with Crippen molar-refractivity contribution in [3.05, 3.63) is 70.3 Å². The van der Waals surface area contributed by atoms with Crippen LogP contribution < -0.4 is 0 Å². The largest absolute Gasteiger partial charge is 0.507 e. The van der Waals surface area contributed by atoms with Gasteiger partial charge in [-0.15, -0.1) is 0 Å². The zero-order valence-electron chi connectivity index (χ0n) is 10.9. The van der Waals surface area contributed by atoms with E-state index >= 15 is 0 Å². The molecule has 2 aromatic carbocycles. The summed E-state index contributed by atoms with van der Waals surface area (Å²) in [7, 11) is 0. The van der Waals surface area contributed by atoms with Crippen molar-refractivity contribution in [3.63, 3.8) is 0 Å². The van der Waals surface area contributed by atoms with Gasteiger partial charge in [-0.05, 0) is 13.0 Å². The van der Waals surface area contributed by atoms with Gasteiger partial charge in [-0.25, -0.2) is 0 Å². The molecule has 0 atom stereocenters. The average molecular weight is 264 g/mol. The lowest BCUT2D eigenvalue weighted by Gasteiger charge is -2.19. The Hall–Kier alpha value is -2.68. The zero-order chi connectivity index (χ0) is 14.3. The molecule has 0 fully saturated rings. The predicted octanol–water partition coefficient (Wildman–Crippen LogP) is 3.20. The molecular weight excluding hydrogens is 252 g/mol. The van der Waals surface area contributed by atoms with Gasteiger partial charge in [-0.1, -0.05) is 42.5 Å². The third-order valence-electron chi connectivity index (χ3n) is 3.44. The molecule has 0 aromatic heterocycles. The minimum absolute atomic E-state index is 0.101. The highest BCUT2D eigenvalue weighted by atomic mass is 16.3. The first-order valence-electron chi connectivity index (χ1n) is 6.32. The second kappa shape index (κ2) is 4.46. The highest BCUT2D eigenvalue weighted by Gasteiger charge is 2.32. The number of phenolic OH excluding ortho intramolecular Hbond substituents is 1. The SMILES string of the molecule is C/C=C/c1ccc2c(c1O)C(=O)c1ccccc1C2=O. The van der Waals surface area contributed by atoms with Crippen LogP contribution >= 0.6 is 0 Å². The topological polar surface area (TPSA) is 54.4 Å². The number of carbonyl (C=O) groups excluding carboxylic acids is 2. The Kier molecular flexibility index (Phi) is 2.75. The molecule has 1 N–H and O–H groups in total. The van der Waals surface area contributed by atoms with E-state index in [-0.39, 0.29) is 28.4 Å². The fraction of sp³-hybridized carbons (Fsp3) is 0.0588. The molecule has 0 radical (unpaired) electrons. The molecule has 2 aromatic rings. The van der Waals surface area contributed by atoms with Crippen LogP contribution in [0.25, 0.3) is 6.08 Å². The quantitative estimate of drug-likeness (QED) is 0.734. The number of rotatable bonds is 1. The third-order valence-corrected chi connectivity index (χ3v) is 3.44. The van der Waals surface area contributed by atoms with Gasteiger partial charge >= 0.3 is 0 Å². The summed E-state index contributed by atoms with van der Waals surface area (Å²) in [6, 6.07) is 9.93. The molecule has 3 rings (SSSR count). The van der Waals surface area contributed by atoms with Crippen LogP contribution in [-0.2, 0) is 0 Å². The predicted molar refractivity (Wildman–Crippen MR) is 76.1 cm³/mol. The number of benzene rings is 2. The maximum atomic E-state index is 12.5. The fourth-order valence-corrected chi connectivity index (χ4v) is 2.50. The van der Waals surface area contributed by atoms with E-state index in [9.17, 15) is 14.7 Å². The van der Waals surface area contributed by atoms with Crippen molar-refractivity contribution in [3.8, 4) is 5.75 Å². The lowest BCUT2D eigenvalue weighted by Crippen LogP contribution is -2.21. The number of hydrogen-bond acceptors (Lipinski definition) is 3. The summed E-state index contributed by atoms with van der Waals surface area (Å²) in [6.07, 6.45) is 3.47. The van der Waals surface area contributed by atoms with E-state index in [0.717, 1.165) is 0 Å². The molecule has 3 heteroatoms. The molecule has 0 amide bonds. The van der Waals surface area contributed by atoms with Crippen molar-refractivity contribution < 1.29 is 14.7 Å². The van der Waals surface area contributed by atoms with Gasteiger partial charge in [0.25, 0.3) is 0 Å². The second-order valence-electron chi connectivity index (χ2n) is 4.63. The standard InChI is InChI=1S/C17H12O3/c1-2-5-10-8-9-13-14(15(10)18)17(20)12-7-4-3-6-11(12)16(13)19/h2-9,18H,1H3/b5-2+. The summed E-state index contributed by atoms with van der Waals surface area (Å²) < 4.78 is 0. The number of carbonyl (C=O) groups is 2. The molecule has 1 aliphatic carbocycles. The van der Waals surface area contributed by atoms with Gasteiger partial charge in [0, 0.05) is 22.3 Å². The third kappa shape index (κ3) is 1.60. The summed E-state index contributed by atoms with van der Waals surface area (Å²) in [5.74, 6) is -0.662. The van der Waals surface area contributed by atoms with Gasteiger partial charge in [0.15, 0.2) is 11.6 Å². The summed E-state index contributed by atoms with van der Waals surface area (Å²) >= 11 is 0. The maximum Gasteiger partial charge on any atom is 0.198 e. The molecule has 0 unspecified atom stereocenters. The van der Waals surface area contributed by atoms with Crippen LogP contribution in [0.3, 0.4) is 0 Å². The van der Waals surface area contributed by atoms with Crippen LogP contribution in [0.15, 0.2) is 42.5 Å². The summed E-state index contributed by atoms with van der Waals surface area (Å²) in [6.45, 7) is 1.82. The number of phenols is 1. The van der Waals surface area contributed by atoms with Gasteiger partial charge < -0.3 is 5.11 Å². The Morgan fingerprint density at radius 1 is 0.900 bits per heavy atom. The highest BCUT2D eigenvalue weighted by molar-refractivity contribution is 6.29. The van der Waals surface area contributed by atoms with Crippen LogP contribution in [0.1, 0.15) is 44.3 Å². The number of aromatic hydroxyl groups is 1. The van der Waals surface area contributed by atoms with Crippen molar-refractivity contribution >= 4 is 17.6 Å². The zero-order valence-corrected chi connectivity index (χ0v) is 10.9. The first-order valence-corrected chi connectivity index (χ1v) is 6.32. The number of hydrogen-bond donors (Lipinski definition) is 1. The van der Waals surface area contributed by atoms with Crippen LogP contribution in [0.2, 0.25) is 0 Å². The molecule has 0 heterocycles. The molecule has 0 spiro atoms. The van der Waals surface area contributed by atoms with E-state index in [0.29, 0.717) is 16.7 Å². The molecule has 98 valence electrons. The normalized spacial score (nSPS) is 13.4. The molecule has 20 heavy (non-hydrogen) atoms. The molecule has 0 aliphatic heterocycles. The van der Waals surface area contributed by atoms with Crippen molar-refractivity contribution in [1.82, 2.24) is 0 Å². The molecule has 0 bridgehead atoms. The maximum absolute atomic E-state index is 12.5. The average Bonchev–Trinajstić information content (AvgIpc) is 2.47. The Morgan fingerprint density at radius 2 is 1.55 bits per heavy atom. The minimum atomic E-state index is -0.306. The van der Waals surface area contributed by atoms with Gasteiger partial charge in [0.05, 0.1) is 5.56 Å². The molecule has 0 saturated heterocycles. The van der Waals surface area contributed by atoms with Gasteiger partial charge in [0.2, 0.25) is 0 Å². The second-order valence-corrected chi connectivity index (χ2v) is 4.63. The number of allylic oxidation sites excluding steroid dienone is 1. The molecule has 3 nitrogen and oxygen atoms in total. The number of fused-ring (bicyclic) bond motifs is 2. The minimum Gasteiger partial charge on any atom is -0.507 e. The first kappa shape index (κ1) is 12.4. The van der Waals surface area contributed by atoms with Crippen molar-refractivity contribution in [2.24, 2.45) is 0 Å². The molecular formula is C17H12O3. The van der Waals surface area contributed by atoms with Crippen LogP contribution in [0.5, 0.6) is 5.75 Å². The van der Waals surface area contributed by atoms with E-state index in [4.69, 9.17) is 0 Å². The highest BCUT2D eigenvalue weighted by Crippen LogP contribution is 2.35. The lowest BCUT2D eigenvalue weighted by atomic mass is 9.82. The monoisotopic (exact) mass is 264 g/mol. The first-order chi connectivity index (χ1) is 9.65. The van der Waals surface area contributed by atoms with Gasteiger partial charge in [-0.2, -0.15) is 0 Å². The lowest BCUT2D eigenvalue weighted by molar-refractivity contribution is 0.0976. The Morgan fingerprint density at radius 3 is 2.20 bits per heavy atom. The van der Waals surface area contributed by atoms with Crippen molar-refractivity contribution in [2.45, 2.75) is 6.92 Å². The van der Waals surface area contributed by atoms with Gasteiger partial charge in [-0.3, -0.25) is 9.59 Å². The molecule has 0 saturated carbocycles. The Labute approximate surface area is 116 Å². The van der Waals surface area contributed by atoms with E-state index in [1.54, 1.807) is 48.6 Å². The van der Waals surface area contributed by atoms with E-state index in [1.807, 2.05) is 6.92 Å². The summed E-state index contributed by atoms with van der Waals surface area (Å²) in [4.78, 5) is 24.9. The van der Waals surface area contributed by atoms with Crippen molar-refractivity contribution in [1.29, 1.82) is 0 Å². The van der Waals surface area contributed by atoms with E-state index in [2.05, 4.69) is 0 Å². The molecule has 1 aliphatic rings. The number of ketones is 2. The fourth-order valence-electron chi connectivity index (χ4n) is 2.50. The van der Waals surface area contributed by atoms with Gasteiger partial charge in [0.1, 0.15) is 5.75 Å². The summed E-state index contributed by atoms with van der Waals surface area (Å²) in [5, 5.41) is 10.3. The van der Waals surface area contributed by atoms with E-state index in [1.165, 1.54) is 0 Å². The van der Waals surface area contributed by atoms with E-state index < -0.39 is 0 Å².